The molecule has 0 aliphatic heterocycles. The minimum Gasteiger partial charge on any atom is -0.380 e. The van der Waals surface area contributed by atoms with Crippen molar-refractivity contribution in [3.63, 3.8) is 0 Å². The van der Waals surface area contributed by atoms with E-state index in [-0.39, 0.29) is 17.5 Å². The Morgan fingerprint density at radius 1 is 1.42 bits per heavy atom. The van der Waals surface area contributed by atoms with Crippen molar-refractivity contribution in [2.75, 3.05) is 20.7 Å². The molecule has 1 aromatic rings. The molecule has 0 aliphatic carbocycles. The van der Waals surface area contributed by atoms with Crippen molar-refractivity contribution < 1.29 is 13.2 Å². The Hall–Kier alpha value is -0.470. The van der Waals surface area contributed by atoms with E-state index in [1.165, 1.54) is 0 Å². The fraction of sp³-hybridized carbons (Fsp3) is 0.500. The molecule has 1 unspecified atom stereocenters. The van der Waals surface area contributed by atoms with Gasteiger partial charge < -0.3 is 10.1 Å². The smallest absolute Gasteiger partial charge is 0.241 e. The normalized spacial score (nSPS) is 13.5. The molecule has 0 bridgehead atoms. The second-order valence-electron chi connectivity index (χ2n) is 4.19. The van der Waals surface area contributed by atoms with E-state index in [1.807, 2.05) is 13.1 Å². The van der Waals surface area contributed by atoms with Crippen LogP contribution in [0.2, 0.25) is 0 Å². The number of ether oxygens (including phenoxy) is 1. The molecule has 7 heteroatoms. The summed E-state index contributed by atoms with van der Waals surface area (Å²) >= 11 is 3.27. The van der Waals surface area contributed by atoms with E-state index in [0.29, 0.717) is 11.0 Å². The van der Waals surface area contributed by atoms with E-state index >= 15 is 0 Å². The van der Waals surface area contributed by atoms with Crippen molar-refractivity contribution in [3.05, 3.63) is 28.2 Å². The average molecular weight is 351 g/mol. The Kier molecular flexibility index (Phi) is 6.41. The van der Waals surface area contributed by atoms with Crippen molar-refractivity contribution in [1.29, 1.82) is 0 Å². The van der Waals surface area contributed by atoms with Crippen LogP contribution < -0.4 is 10.0 Å². The Morgan fingerprint density at radius 2 is 2.11 bits per heavy atom. The summed E-state index contributed by atoms with van der Waals surface area (Å²) in [5.41, 5.74) is 0.908. The monoisotopic (exact) mass is 350 g/mol. The Bertz CT molecular complexity index is 520. The van der Waals surface area contributed by atoms with Gasteiger partial charge in [-0.3, -0.25) is 0 Å². The summed E-state index contributed by atoms with van der Waals surface area (Å²) in [5, 5.41) is 2.99. The third-order valence-corrected chi connectivity index (χ3v) is 5.05. The summed E-state index contributed by atoms with van der Waals surface area (Å²) in [6.45, 7) is 2.65. The van der Waals surface area contributed by atoms with Crippen LogP contribution in [0.5, 0.6) is 0 Å². The van der Waals surface area contributed by atoms with Crippen molar-refractivity contribution >= 4 is 26.0 Å². The maximum atomic E-state index is 12.2. The molecule has 0 saturated carbocycles. The van der Waals surface area contributed by atoms with Gasteiger partial charge in [-0.25, -0.2) is 13.1 Å². The summed E-state index contributed by atoms with van der Waals surface area (Å²) in [7, 11) is -0.183. The first-order chi connectivity index (χ1) is 8.90. The van der Waals surface area contributed by atoms with Gasteiger partial charge in [-0.15, -0.1) is 0 Å². The highest BCUT2D eigenvalue weighted by Crippen LogP contribution is 2.23. The molecule has 5 nitrogen and oxygen atoms in total. The molecule has 1 atom stereocenters. The van der Waals surface area contributed by atoms with E-state index < -0.39 is 10.0 Å². The minimum absolute atomic E-state index is 0.172. The molecule has 0 fully saturated rings. The Balaban J connectivity index is 2.96. The lowest BCUT2D eigenvalue weighted by molar-refractivity contribution is 0.122. The molecule has 0 heterocycles. The predicted molar refractivity (Wildman–Crippen MR) is 78.6 cm³/mol. The molecule has 2 N–H and O–H groups in total. The molecule has 1 rings (SSSR count). The van der Waals surface area contributed by atoms with Gasteiger partial charge in [0.25, 0.3) is 0 Å². The van der Waals surface area contributed by atoms with Crippen LogP contribution in [-0.2, 0) is 21.3 Å². The van der Waals surface area contributed by atoms with Gasteiger partial charge in [0.05, 0.1) is 11.0 Å². The zero-order valence-corrected chi connectivity index (χ0v) is 13.6. The zero-order valence-electron chi connectivity index (χ0n) is 11.2. The number of methoxy groups -OCH3 is 1. The zero-order chi connectivity index (χ0) is 14.5. The summed E-state index contributed by atoms with van der Waals surface area (Å²) in [4.78, 5) is 0.239. The number of halogens is 1. The second-order valence-corrected chi connectivity index (χ2v) is 6.78. The molecule has 108 valence electrons. The highest BCUT2D eigenvalue weighted by molar-refractivity contribution is 9.10. The Morgan fingerprint density at radius 3 is 2.68 bits per heavy atom. The topological polar surface area (TPSA) is 67.4 Å². The van der Waals surface area contributed by atoms with Crippen molar-refractivity contribution in [3.8, 4) is 0 Å². The molecular weight excluding hydrogens is 332 g/mol. The average Bonchev–Trinajstić information content (AvgIpc) is 2.38. The largest absolute Gasteiger partial charge is 0.380 e. The van der Waals surface area contributed by atoms with Gasteiger partial charge in [0.15, 0.2) is 0 Å². The Labute approximate surface area is 122 Å². The van der Waals surface area contributed by atoms with Gasteiger partial charge >= 0.3 is 0 Å². The lowest BCUT2D eigenvalue weighted by Gasteiger charge is -2.13. The highest BCUT2D eigenvalue weighted by Gasteiger charge is 2.18. The van der Waals surface area contributed by atoms with Crippen molar-refractivity contribution in [2.45, 2.75) is 24.5 Å². The van der Waals surface area contributed by atoms with Gasteiger partial charge in [-0.1, -0.05) is 6.07 Å². The van der Waals surface area contributed by atoms with E-state index in [0.717, 1.165) is 5.56 Å². The van der Waals surface area contributed by atoms with Gasteiger partial charge in [0.2, 0.25) is 10.0 Å². The number of benzene rings is 1. The number of sulfonamides is 1. The van der Waals surface area contributed by atoms with Crippen LogP contribution in [-0.4, -0.2) is 35.2 Å². The van der Waals surface area contributed by atoms with Gasteiger partial charge in [-0.2, -0.15) is 0 Å². The van der Waals surface area contributed by atoms with Crippen molar-refractivity contribution in [1.82, 2.24) is 10.0 Å². The maximum absolute atomic E-state index is 12.2. The molecule has 0 aliphatic rings. The summed E-state index contributed by atoms with van der Waals surface area (Å²) in [5.74, 6) is 0. The molecule has 0 saturated heterocycles. The van der Waals surface area contributed by atoms with Crippen LogP contribution in [0.15, 0.2) is 27.6 Å². The lowest BCUT2D eigenvalue weighted by atomic mass is 10.2. The number of nitrogens with one attached hydrogen (secondary N) is 2. The maximum Gasteiger partial charge on any atom is 0.241 e. The van der Waals surface area contributed by atoms with Crippen LogP contribution in [0.1, 0.15) is 12.5 Å². The van der Waals surface area contributed by atoms with E-state index in [2.05, 4.69) is 26.0 Å². The number of hydrogen-bond acceptors (Lipinski definition) is 4. The van der Waals surface area contributed by atoms with Crippen LogP contribution in [0.4, 0.5) is 0 Å². The lowest BCUT2D eigenvalue weighted by Crippen LogP contribution is -2.31. The molecule has 19 heavy (non-hydrogen) atoms. The van der Waals surface area contributed by atoms with E-state index in [4.69, 9.17) is 4.74 Å². The highest BCUT2D eigenvalue weighted by atomic mass is 79.9. The molecule has 0 radical (unpaired) electrons. The number of hydrogen-bond donors (Lipinski definition) is 2. The quantitative estimate of drug-likeness (QED) is 0.781. The second kappa shape index (κ2) is 7.35. The summed E-state index contributed by atoms with van der Waals surface area (Å²) in [6, 6.07) is 5.26. The summed E-state index contributed by atoms with van der Waals surface area (Å²) < 4.78 is 32.5. The molecule has 0 amide bonds. The standard InChI is InChI=1S/C12H19BrN2O3S/c1-9(18-3)7-15-19(16,17)12-6-10(8-14-2)4-5-11(12)13/h4-6,9,14-15H,7-8H2,1-3H3. The van der Waals surface area contributed by atoms with Crippen LogP contribution >= 0.6 is 15.9 Å². The predicted octanol–water partition coefficient (Wildman–Crippen LogP) is 1.48. The summed E-state index contributed by atoms with van der Waals surface area (Å²) in [6.07, 6.45) is -0.172. The third-order valence-electron chi connectivity index (χ3n) is 2.63. The van der Waals surface area contributed by atoms with E-state index in [9.17, 15) is 8.42 Å². The first-order valence-corrected chi connectivity index (χ1v) is 8.13. The molecule has 0 spiro atoms. The van der Waals surface area contributed by atoms with Gasteiger partial charge in [-0.05, 0) is 47.6 Å². The van der Waals surface area contributed by atoms with Gasteiger partial charge in [0.1, 0.15) is 0 Å². The third kappa shape index (κ3) is 4.85. The van der Waals surface area contributed by atoms with Gasteiger partial charge in [0, 0.05) is 24.7 Å². The fourth-order valence-electron chi connectivity index (χ4n) is 1.46. The van der Waals surface area contributed by atoms with Crippen LogP contribution in [0.25, 0.3) is 0 Å². The minimum atomic E-state index is -3.54. The molecule has 1 aromatic carbocycles. The van der Waals surface area contributed by atoms with Crippen LogP contribution in [0.3, 0.4) is 0 Å². The molecule has 0 aromatic heterocycles. The fourth-order valence-corrected chi connectivity index (χ4v) is 3.58. The first-order valence-electron chi connectivity index (χ1n) is 5.86. The van der Waals surface area contributed by atoms with Crippen LogP contribution in [0, 0.1) is 0 Å². The first kappa shape index (κ1) is 16.6. The van der Waals surface area contributed by atoms with E-state index in [1.54, 1.807) is 26.2 Å². The van der Waals surface area contributed by atoms with Crippen molar-refractivity contribution in [2.24, 2.45) is 0 Å². The number of rotatable bonds is 7. The SMILES string of the molecule is CNCc1ccc(Br)c(S(=O)(=O)NCC(C)OC)c1. The molecular formula is C12H19BrN2O3S.